The lowest BCUT2D eigenvalue weighted by atomic mass is 10.2. The summed E-state index contributed by atoms with van der Waals surface area (Å²) < 4.78 is 63.9. The number of carbonyl (C=O) groups excluding carboxylic acids is 1. The minimum atomic E-state index is -1.70. The molecule has 1 heterocycles. The van der Waals surface area contributed by atoms with Crippen LogP contribution >= 0.6 is 0 Å². The average molecular weight is 381 g/mol. The normalized spacial score (nSPS) is 12.2. The molecule has 1 atom stereocenters. The van der Waals surface area contributed by atoms with Crippen LogP contribution in [0, 0.1) is 23.3 Å². The zero-order valence-corrected chi connectivity index (χ0v) is 14.4. The molecule has 0 saturated heterocycles. The number of para-hydroxylation sites is 1. The van der Waals surface area contributed by atoms with E-state index in [0.717, 1.165) is 5.39 Å². The van der Waals surface area contributed by atoms with Crippen molar-refractivity contribution in [2.75, 3.05) is 13.7 Å². The Bertz CT molecular complexity index is 943. The van der Waals surface area contributed by atoms with E-state index in [4.69, 9.17) is 9.15 Å². The maximum Gasteiger partial charge on any atom is 0.260 e. The smallest absolute Gasteiger partial charge is 0.260 e. The number of likely N-dealkylation sites (N-methyl/N-ethyl adjacent to an activating group) is 1. The first-order chi connectivity index (χ1) is 12.8. The van der Waals surface area contributed by atoms with Crippen molar-refractivity contribution in [3.63, 3.8) is 0 Å². The van der Waals surface area contributed by atoms with Gasteiger partial charge in [0.2, 0.25) is 11.6 Å². The number of hydrogen-bond donors (Lipinski definition) is 0. The van der Waals surface area contributed by atoms with E-state index in [2.05, 4.69) is 0 Å². The molecule has 3 aromatic rings. The van der Waals surface area contributed by atoms with Gasteiger partial charge in [-0.05, 0) is 19.1 Å². The Morgan fingerprint density at radius 3 is 2.37 bits per heavy atom. The number of amides is 1. The largest absolute Gasteiger partial charge is 0.477 e. The third-order valence-electron chi connectivity index (χ3n) is 4.24. The van der Waals surface area contributed by atoms with Gasteiger partial charge in [-0.1, -0.05) is 18.2 Å². The van der Waals surface area contributed by atoms with E-state index in [9.17, 15) is 22.4 Å². The Kier molecular flexibility index (Phi) is 5.07. The highest BCUT2D eigenvalue weighted by Crippen LogP contribution is 2.28. The fraction of sp³-hybridized carbons (Fsp3) is 0.211. The number of carbonyl (C=O) groups is 1. The van der Waals surface area contributed by atoms with Crippen LogP contribution in [0.1, 0.15) is 18.7 Å². The molecule has 0 radical (unpaired) electrons. The molecule has 0 fully saturated rings. The standard InChI is InChI=1S/C19H15F4NO3/c1-10(15-7-11-5-3-4-6-14(11)27-15)24(2)16(25)9-26-19-17(22)12(20)8-13(21)18(19)23/h3-8,10H,9H2,1-2H3. The van der Waals surface area contributed by atoms with Crippen molar-refractivity contribution in [1.82, 2.24) is 4.90 Å². The molecule has 0 aliphatic rings. The first-order valence-electron chi connectivity index (χ1n) is 7.99. The maximum atomic E-state index is 13.6. The van der Waals surface area contributed by atoms with Gasteiger partial charge < -0.3 is 14.1 Å². The Morgan fingerprint density at radius 1 is 1.11 bits per heavy atom. The first kappa shape index (κ1) is 18.8. The van der Waals surface area contributed by atoms with Gasteiger partial charge in [-0.3, -0.25) is 4.79 Å². The summed E-state index contributed by atoms with van der Waals surface area (Å²) in [6, 6.07) is 8.61. The zero-order chi connectivity index (χ0) is 19.7. The summed E-state index contributed by atoms with van der Waals surface area (Å²) in [5.74, 6) is -8.05. The summed E-state index contributed by atoms with van der Waals surface area (Å²) in [6.45, 7) is 0.885. The van der Waals surface area contributed by atoms with Crippen molar-refractivity contribution in [3.05, 3.63) is 65.4 Å². The van der Waals surface area contributed by atoms with E-state index in [1.54, 1.807) is 19.1 Å². The van der Waals surface area contributed by atoms with Gasteiger partial charge in [0.1, 0.15) is 11.3 Å². The van der Waals surface area contributed by atoms with Gasteiger partial charge in [0.25, 0.3) is 5.91 Å². The van der Waals surface area contributed by atoms with E-state index in [1.165, 1.54) is 11.9 Å². The zero-order valence-electron chi connectivity index (χ0n) is 14.4. The molecule has 0 aliphatic carbocycles. The highest BCUT2D eigenvalue weighted by molar-refractivity contribution is 5.79. The van der Waals surface area contributed by atoms with Crippen molar-refractivity contribution in [2.24, 2.45) is 0 Å². The molecule has 4 nitrogen and oxygen atoms in total. The summed E-state index contributed by atoms with van der Waals surface area (Å²) in [5, 5.41) is 0.857. The SMILES string of the molecule is CC(c1cc2ccccc2o1)N(C)C(=O)COc1c(F)c(F)cc(F)c1F. The van der Waals surface area contributed by atoms with Gasteiger partial charge in [-0.15, -0.1) is 0 Å². The number of rotatable bonds is 5. The Morgan fingerprint density at radius 2 is 1.74 bits per heavy atom. The molecule has 1 aromatic heterocycles. The van der Waals surface area contributed by atoms with E-state index in [-0.39, 0.29) is 6.07 Å². The van der Waals surface area contributed by atoms with Gasteiger partial charge in [-0.2, -0.15) is 8.78 Å². The van der Waals surface area contributed by atoms with Crippen LogP contribution in [0.3, 0.4) is 0 Å². The minimum absolute atomic E-state index is 0.0646. The number of benzene rings is 2. The van der Waals surface area contributed by atoms with Crippen molar-refractivity contribution >= 4 is 16.9 Å². The molecule has 2 aromatic carbocycles. The lowest BCUT2D eigenvalue weighted by Gasteiger charge is -2.23. The second kappa shape index (κ2) is 7.30. The number of hydrogen-bond acceptors (Lipinski definition) is 3. The van der Waals surface area contributed by atoms with Crippen molar-refractivity contribution in [1.29, 1.82) is 0 Å². The maximum absolute atomic E-state index is 13.6. The van der Waals surface area contributed by atoms with Crippen LogP contribution in [0.5, 0.6) is 5.75 Å². The molecule has 8 heteroatoms. The van der Waals surface area contributed by atoms with Crippen LogP contribution in [0.2, 0.25) is 0 Å². The number of fused-ring (bicyclic) bond motifs is 1. The van der Waals surface area contributed by atoms with Crippen molar-refractivity contribution in [2.45, 2.75) is 13.0 Å². The fourth-order valence-electron chi connectivity index (χ4n) is 2.53. The summed E-state index contributed by atoms with van der Waals surface area (Å²) in [6.07, 6.45) is 0. The van der Waals surface area contributed by atoms with E-state index in [0.29, 0.717) is 11.3 Å². The molecular formula is C19H15F4NO3. The third kappa shape index (κ3) is 3.60. The Balaban J connectivity index is 1.72. The number of nitrogens with zero attached hydrogens (tertiary/aromatic N) is 1. The van der Waals surface area contributed by atoms with Crippen LogP contribution in [0.15, 0.2) is 40.8 Å². The second-order valence-electron chi connectivity index (χ2n) is 5.95. The summed E-state index contributed by atoms with van der Waals surface area (Å²) >= 11 is 0. The van der Waals surface area contributed by atoms with Crippen LogP contribution in [0.4, 0.5) is 17.6 Å². The Hall–Kier alpha value is -3.03. The van der Waals surface area contributed by atoms with Gasteiger partial charge in [-0.25, -0.2) is 8.78 Å². The number of ether oxygens (including phenoxy) is 1. The van der Waals surface area contributed by atoms with Crippen molar-refractivity contribution in [3.8, 4) is 5.75 Å². The Labute approximate surface area is 151 Å². The second-order valence-corrected chi connectivity index (χ2v) is 5.95. The fourth-order valence-corrected chi connectivity index (χ4v) is 2.53. The molecule has 0 N–H and O–H groups in total. The lowest BCUT2D eigenvalue weighted by molar-refractivity contribution is -0.134. The van der Waals surface area contributed by atoms with Crippen LogP contribution in [0.25, 0.3) is 11.0 Å². The number of furan rings is 1. The lowest BCUT2D eigenvalue weighted by Crippen LogP contribution is -2.33. The predicted molar refractivity (Wildman–Crippen MR) is 89.2 cm³/mol. The van der Waals surface area contributed by atoms with Crippen molar-refractivity contribution < 1.29 is 31.5 Å². The van der Waals surface area contributed by atoms with E-state index >= 15 is 0 Å². The van der Waals surface area contributed by atoms with Gasteiger partial charge in [0.15, 0.2) is 24.0 Å². The number of halogens is 4. The average Bonchev–Trinajstić information content (AvgIpc) is 3.09. The molecule has 0 bridgehead atoms. The highest BCUT2D eigenvalue weighted by atomic mass is 19.2. The molecule has 1 unspecified atom stereocenters. The molecule has 0 spiro atoms. The summed E-state index contributed by atoms with van der Waals surface area (Å²) in [5.41, 5.74) is 0.649. The molecule has 0 saturated carbocycles. The topological polar surface area (TPSA) is 42.7 Å². The molecule has 3 rings (SSSR count). The van der Waals surface area contributed by atoms with Gasteiger partial charge in [0.05, 0.1) is 6.04 Å². The minimum Gasteiger partial charge on any atom is -0.477 e. The quantitative estimate of drug-likeness (QED) is 0.480. The highest BCUT2D eigenvalue weighted by Gasteiger charge is 2.24. The molecule has 142 valence electrons. The molecule has 1 amide bonds. The van der Waals surface area contributed by atoms with Crippen LogP contribution in [-0.2, 0) is 4.79 Å². The third-order valence-corrected chi connectivity index (χ3v) is 4.24. The summed E-state index contributed by atoms with van der Waals surface area (Å²) in [4.78, 5) is 13.5. The molecule has 0 aliphatic heterocycles. The van der Waals surface area contributed by atoms with Crippen LogP contribution < -0.4 is 4.74 Å². The predicted octanol–water partition coefficient (Wildman–Crippen LogP) is 4.59. The molecular weight excluding hydrogens is 366 g/mol. The van der Waals surface area contributed by atoms with Gasteiger partial charge in [0, 0.05) is 18.5 Å². The summed E-state index contributed by atoms with van der Waals surface area (Å²) in [7, 11) is 1.45. The first-order valence-corrected chi connectivity index (χ1v) is 7.99. The monoisotopic (exact) mass is 381 g/mol. The molecule has 27 heavy (non-hydrogen) atoms. The van der Waals surface area contributed by atoms with Gasteiger partial charge >= 0.3 is 0 Å². The van der Waals surface area contributed by atoms with Crippen LogP contribution in [-0.4, -0.2) is 24.5 Å². The van der Waals surface area contributed by atoms with E-state index < -0.39 is 47.6 Å². The van der Waals surface area contributed by atoms with E-state index in [1.807, 2.05) is 18.2 Å².